The molecule has 1 fully saturated rings. The van der Waals surface area contributed by atoms with Gasteiger partial charge in [0.05, 0.1) is 25.8 Å². The van der Waals surface area contributed by atoms with Crippen LogP contribution in [0.3, 0.4) is 0 Å². The molecule has 2 aromatic rings. The summed E-state index contributed by atoms with van der Waals surface area (Å²) < 4.78 is 10.9. The van der Waals surface area contributed by atoms with Crippen molar-refractivity contribution in [2.24, 2.45) is 0 Å². The monoisotopic (exact) mass is 354 g/mol. The fourth-order valence-electron chi connectivity index (χ4n) is 2.88. The van der Waals surface area contributed by atoms with E-state index in [1.165, 1.54) is 0 Å². The van der Waals surface area contributed by atoms with E-state index in [0.29, 0.717) is 31.0 Å². The van der Waals surface area contributed by atoms with Gasteiger partial charge in [-0.05, 0) is 30.7 Å². The van der Waals surface area contributed by atoms with Crippen LogP contribution in [-0.2, 0) is 9.59 Å². The smallest absolute Gasteiger partial charge is 0.227 e. The van der Waals surface area contributed by atoms with Crippen LogP contribution in [0.5, 0.6) is 11.5 Å². The quantitative estimate of drug-likeness (QED) is 0.829. The summed E-state index contributed by atoms with van der Waals surface area (Å²) in [7, 11) is 1.55. The molecule has 0 spiro atoms. The molecular weight excluding hydrogens is 332 g/mol. The number of hydrogen-bond donors (Lipinski definition) is 1. The first kappa shape index (κ1) is 17.8. The maximum absolute atomic E-state index is 12.1. The number of carbonyl (C=O) groups excluding carboxylic acids is 2. The average molecular weight is 354 g/mol. The Labute approximate surface area is 152 Å². The van der Waals surface area contributed by atoms with Crippen molar-refractivity contribution in [3.63, 3.8) is 0 Å². The number of benzene rings is 2. The summed E-state index contributed by atoms with van der Waals surface area (Å²) in [6, 6.07) is 14.7. The zero-order valence-electron chi connectivity index (χ0n) is 14.7. The summed E-state index contributed by atoms with van der Waals surface area (Å²) in [6.07, 6.45) is 1.65. The second-order valence-electron chi connectivity index (χ2n) is 6.00. The summed E-state index contributed by atoms with van der Waals surface area (Å²) in [6.45, 7) is 0.991. The second kappa shape index (κ2) is 8.38. The predicted octanol–water partition coefficient (Wildman–Crippen LogP) is 3.23. The van der Waals surface area contributed by atoms with Gasteiger partial charge in [0.2, 0.25) is 11.8 Å². The SMILES string of the molecule is COc1cc(NC(=O)CCOc2ccccc2)ccc1N1CCCC1=O. The van der Waals surface area contributed by atoms with Crippen LogP contribution < -0.4 is 19.7 Å². The number of amides is 2. The third-order valence-corrected chi connectivity index (χ3v) is 4.17. The highest BCUT2D eigenvalue weighted by Gasteiger charge is 2.24. The van der Waals surface area contributed by atoms with Gasteiger partial charge in [0.1, 0.15) is 11.5 Å². The highest BCUT2D eigenvalue weighted by Crippen LogP contribution is 2.33. The van der Waals surface area contributed by atoms with Gasteiger partial charge >= 0.3 is 0 Å². The number of rotatable bonds is 7. The summed E-state index contributed by atoms with van der Waals surface area (Å²) in [5.74, 6) is 1.26. The standard InChI is InChI=1S/C20H22N2O4/c1-25-18-14-15(9-10-17(18)22-12-5-8-20(22)24)21-19(23)11-13-26-16-6-3-2-4-7-16/h2-4,6-7,9-10,14H,5,8,11-13H2,1H3,(H,21,23). The summed E-state index contributed by atoms with van der Waals surface area (Å²) >= 11 is 0. The average Bonchev–Trinajstić information content (AvgIpc) is 3.08. The molecule has 26 heavy (non-hydrogen) atoms. The zero-order chi connectivity index (χ0) is 18.4. The van der Waals surface area contributed by atoms with Crippen LogP contribution in [0, 0.1) is 0 Å². The van der Waals surface area contributed by atoms with Crippen molar-refractivity contribution in [2.45, 2.75) is 19.3 Å². The maximum Gasteiger partial charge on any atom is 0.227 e. The van der Waals surface area contributed by atoms with Crippen LogP contribution >= 0.6 is 0 Å². The first-order valence-corrected chi connectivity index (χ1v) is 8.63. The van der Waals surface area contributed by atoms with E-state index >= 15 is 0 Å². The Morgan fingerprint density at radius 3 is 2.69 bits per heavy atom. The van der Waals surface area contributed by atoms with Crippen LogP contribution in [0.15, 0.2) is 48.5 Å². The van der Waals surface area contributed by atoms with Gasteiger partial charge in [0, 0.05) is 24.7 Å². The molecular formula is C20H22N2O4. The van der Waals surface area contributed by atoms with E-state index in [0.717, 1.165) is 17.9 Å². The minimum absolute atomic E-state index is 0.0955. The van der Waals surface area contributed by atoms with Crippen molar-refractivity contribution in [3.8, 4) is 11.5 Å². The molecule has 0 aliphatic carbocycles. The highest BCUT2D eigenvalue weighted by atomic mass is 16.5. The van der Waals surface area contributed by atoms with E-state index < -0.39 is 0 Å². The summed E-state index contributed by atoms with van der Waals surface area (Å²) in [5.41, 5.74) is 1.36. The molecule has 136 valence electrons. The van der Waals surface area contributed by atoms with Crippen molar-refractivity contribution in [3.05, 3.63) is 48.5 Å². The lowest BCUT2D eigenvalue weighted by atomic mass is 10.2. The third kappa shape index (κ3) is 4.33. The van der Waals surface area contributed by atoms with Crippen molar-refractivity contribution >= 4 is 23.2 Å². The maximum atomic E-state index is 12.1. The van der Waals surface area contributed by atoms with E-state index in [1.807, 2.05) is 30.3 Å². The normalized spacial score (nSPS) is 13.6. The van der Waals surface area contributed by atoms with Crippen molar-refractivity contribution < 1.29 is 19.1 Å². The largest absolute Gasteiger partial charge is 0.494 e. The summed E-state index contributed by atoms with van der Waals surface area (Å²) in [5, 5.41) is 2.83. The molecule has 1 aliphatic rings. The Balaban J connectivity index is 1.57. The fraction of sp³-hybridized carbons (Fsp3) is 0.300. The van der Waals surface area contributed by atoms with Gasteiger partial charge in [0.25, 0.3) is 0 Å². The fourth-order valence-corrected chi connectivity index (χ4v) is 2.88. The van der Waals surface area contributed by atoms with Gasteiger partial charge in [-0.2, -0.15) is 0 Å². The first-order valence-electron chi connectivity index (χ1n) is 8.63. The molecule has 1 heterocycles. The first-order chi connectivity index (χ1) is 12.7. The number of para-hydroxylation sites is 1. The summed E-state index contributed by atoms with van der Waals surface area (Å²) in [4.78, 5) is 25.7. The second-order valence-corrected chi connectivity index (χ2v) is 6.00. The lowest BCUT2D eigenvalue weighted by Crippen LogP contribution is -2.24. The van der Waals surface area contributed by atoms with Crippen LogP contribution in [0.4, 0.5) is 11.4 Å². The van der Waals surface area contributed by atoms with Gasteiger partial charge in [-0.15, -0.1) is 0 Å². The molecule has 3 rings (SSSR count). The van der Waals surface area contributed by atoms with E-state index in [4.69, 9.17) is 9.47 Å². The Hall–Kier alpha value is -3.02. The number of nitrogens with zero attached hydrogens (tertiary/aromatic N) is 1. The van der Waals surface area contributed by atoms with Crippen LogP contribution in [0.25, 0.3) is 0 Å². The third-order valence-electron chi connectivity index (χ3n) is 4.17. The molecule has 6 nitrogen and oxygen atoms in total. The minimum Gasteiger partial charge on any atom is -0.494 e. The molecule has 0 saturated carbocycles. The molecule has 0 bridgehead atoms. The van der Waals surface area contributed by atoms with Crippen LogP contribution in [0.1, 0.15) is 19.3 Å². The lowest BCUT2D eigenvalue weighted by Gasteiger charge is -2.19. The molecule has 2 aromatic carbocycles. The number of hydrogen-bond acceptors (Lipinski definition) is 4. The molecule has 6 heteroatoms. The lowest BCUT2D eigenvalue weighted by molar-refractivity contribution is -0.117. The molecule has 2 amide bonds. The van der Waals surface area contributed by atoms with Crippen molar-refractivity contribution in [1.82, 2.24) is 0 Å². The van der Waals surface area contributed by atoms with E-state index in [-0.39, 0.29) is 18.2 Å². The molecule has 0 radical (unpaired) electrons. The Kier molecular flexibility index (Phi) is 5.73. The number of anilines is 2. The molecule has 0 unspecified atom stereocenters. The molecule has 0 aromatic heterocycles. The van der Waals surface area contributed by atoms with Gasteiger partial charge < -0.3 is 19.7 Å². The van der Waals surface area contributed by atoms with E-state index in [2.05, 4.69) is 5.32 Å². The van der Waals surface area contributed by atoms with Gasteiger partial charge in [-0.1, -0.05) is 18.2 Å². The predicted molar refractivity (Wildman–Crippen MR) is 99.8 cm³/mol. The molecule has 1 N–H and O–H groups in total. The van der Waals surface area contributed by atoms with Crippen molar-refractivity contribution in [1.29, 1.82) is 0 Å². The Bertz CT molecular complexity index is 777. The highest BCUT2D eigenvalue weighted by molar-refractivity contribution is 5.97. The van der Waals surface area contributed by atoms with Crippen LogP contribution in [0.2, 0.25) is 0 Å². The number of methoxy groups -OCH3 is 1. The topological polar surface area (TPSA) is 67.9 Å². The van der Waals surface area contributed by atoms with Gasteiger partial charge in [-0.3, -0.25) is 9.59 Å². The zero-order valence-corrected chi connectivity index (χ0v) is 14.7. The molecule has 0 atom stereocenters. The van der Waals surface area contributed by atoms with Gasteiger partial charge in [0.15, 0.2) is 0 Å². The van der Waals surface area contributed by atoms with E-state index in [9.17, 15) is 9.59 Å². The number of nitrogens with one attached hydrogen (secondary N) is 1. The van der Waals surface area contributed by atoms with Crippen LogP contribution in [-0.4, -0.2) is 32.1 Å². The minimum atomic E-state index is -0.145. The number of carbonyl (C=O) groups is 2. The molecule has 1 aliphatic heterocycles. The Morgan fingerprint density at radius 2 is 2.00 bits per heavy atom. The van der Waals surface area contributed by atoms with Crippen molar-refractivity contribution in [2.75, 3.05) is 30.5 Å². The molecule has 1 saturated heterocycles. The van der Waals surface area contributed by atoms with E-state index in [1.54, 1.807) is 30.2 Å². The van der Waals surface area contributed by atoms with Gasteiger partial charge in [-0.25, -0.2) is 0 Å². The Morgan fingerprint density at radius 1 is 1.19 bits per heavy atom. The number of ether oxygens (including phenoxy) is 2.